The summed E-state index contributed by atoms with van der Waals surface area (Å²) in [5.41, 5.74) is 0.160. The van der Waals surface area contributed by atoms with Crippen LogP contribution in [0.5, 0.6) is 0 Å². The molecule has 2 rings (SSSR count). The zero-order valence-corrected chi connectivity index (χ0v) is 17.3. The topological polar surface area (TPSA) is 67.2 Å². The number of carbonyl (C=O) groups is 1. The smallest absolute Gasteiger partial charge is 0.274 e. The Morgan fingerprint density at radius 2 is 1.67 bits per heavy atom. The summed E-state index contributed by atoms with van der Waals surface area (Å²) >= 11 is 0. The van der Waals surface area contributed by atoms with E-state index in [1.165, 1.54) is 4.68 Å². The van der Waals surface area contributed by atoms with Crippen LogP contribution >= 0.6 is 0 Å². The molecule has 0 aliphatic rings. The lowest BCUT2D eigenvalue weighted by Crippen LogP contribution is -2.42. The molecule has 27 heavy (non-hydrogen) atoms. The molecule has 0 aliphatic carbocycles. The van der Waals surface area contributed by atoms with Crippen LogP contribution in [0.25, 0.3) is 10.8 Å². The van der Waals surface area contributed by atoms with Crippen molar-refractivity contribution in [2.75, 3.05) is 13.1 Å². The Bertz CT molecular complexity index is 832. The molecule has 0 saturated carbocycles. The first kappa shape index (κ1) is 21.1. The third-order valence-corrected chi connectivity index (χ3v) is 4.60. The van der Waals surface area contributed by atoms with Crippen molar-refractivity contribution < 1.29 is 4.79 Å². The number of hydrogen-bond acceptors (Lipinski definition) is 4. The van der Waals surface area contributed by atoms with Crippen LogP contribution in [-0.2, 0) is 6.54 Å². The minimum absolute atomic E-state index is 0.151. The predicted molar refractivity (Wildman–Crippen MR) is 110 cm³/mol. The fourth-order valence-corrected chi connectivity index (χ4v) is 3.37. The van der Waals surface area contributed by atoms with Crippen molar-refractivity contribution in [2.24, 2.45) is 5.92 Å². The van der Waals surface area contributed by atoms with Crippen molar-refractivity contribution >= 4 is 16.7 Å². The van der Waals surface area contributed by atoms with Gasteiger partial charge in [-0.15, -0.1) is 0 Å². The molecule has 0 unspecified atom stereocenters. The van der Waals surface area contributed by atoms with E-state index in [0.29, 0.717) is 41.6 Å². The summed E-state index contributed by atoms with van der Waals surface area (Å²) in [6, 6.07) is 8.00. The van der Waals surface area contributed by atoms with E-state index in [1.807, 2.05) is 26.0 Å². The molecule has 2 aromatic rings. The monoisotopic (exact) mass is 372 g/mol. The molecule has 0 bridgehead atoms. The van der Waals surface area contributed by atoms with Crippen LogP contribution in [0.2, 0.25) is 0 Å². The molecule has 148 valence electrons. The summed E-state index contributed by atoms with van der Waals surface area (Å²) in [5.74, 6) is 0.0223. The minimum Gasteiger partial charge on any atom is -0.349 e. The summed E-state index contributed by atoms with van der Waals surface area (Å²) in [6.07, 6.45) is 0. The fourth-order valence-electron chi connectivity index (χ4n) is 3.37. The minimum atomic E-state index is -0.240. The van der Waals surface area contributed by atoms with Crippen molar-refractivity contribution in [3.05, 3.63) is 40.3 Å². The number of fused-ring (bicyclic) bond motifs is 1. The molecule has 1 aromatic heterocycles. The van der Waals surface area contributed by atoms with E-state index in [2.05, 4.69) is 43.0 Å². The normalized spacial score (nSPS) is 11.9. The quantitative estimate of drug-likeness (QED) is 0.774. The van der Waals surface area contributed by atoms with E-state index >= 15 is 0 Å². The molecule has 1 heterocycles. The molecule has 1 aromatic carbocycles. The van der Waals surface area contributed by atoms with Crippen molar-refractivity contribution in [2.45, 2.75) is 60.2 Å². The van der Waals surface area contributed by atoms with Crippen molar-refractivity contribution in [3.8, 4) is 0 Å². The Kier molecular flexibility index (Phi) is 7.13. The molecule has 0 saturated heterocycles. The SMILES string of the molecule is CC(C)Cn1nc(C(=O)NCCN(C(C)C)C(C)C)c2ccccc2c1=O. The number of carbonyl (C=O) groups excluding carboxylic acids is 1. The molecular weight excluding hydrogens is 340 g/mol. The van der Waals surface area contributed by atoms with Gasteiger partial charge >= 0.3 is 0 Å². The Hall–Kier alpha value is -2.21. The standard InChI is InChI=1S/C21H32N4O2/c1-14(2)13-25-21(27)18-10-8-7-9-17(18)19(23-25)20(26)22-11-12-24(15(3)4)16(5)6/h7-10,14-16H,11-13H2,1-6H3,(H,22,26). The van der Waals surface area contributed by atoms with Gasteiger partial charge in [-0.25, -0.2) is 4.68 Å². The van der Waals surface area contributed by atoms with E-state index in [4.69, 9.17) is 0 Å². The first-order chi connectivity index (χ1) is 12.7. The van der Waals surface area contributed by atoms with E-state index in [-0.39, 0.29) is 17.4 Å². The van der Waals surface area contributed by atoms with Crippen LogP contribution in [0.15, 0.2) is 29.1 Å². The van der Waals surface area contributed by atoms with Gasteiger partial charge in [0.25, 0.3) is 11.5 Å². The predicted octanol–water partition coefficient (Wildman–Crippen LogP) is 2.90. The molecule has 6 nitrogen and oxygen atoms in total. The molecule has 0 aliphatic heterocycles. The van der Waals surface area contributed by atoms with Gasteiger partial charge in [-0.2, -0.15) is 5.10 Å². The van der Waals surface area contributed by atoms with E-state index in [1.54, 1.807) is 12.1 Å². The number of aromatic nitrogens is 2. The van der Waals surface area contributed by atoms with Crippen molar-refractivity contribution in [1.29, 1.82) is 0 Å². The fraction of sp³-hybridized carbons (Fsp3) is 0.571. The molecule has 1 N–H and O–H groups in total. The van der Waals surface area contributed by atoms with E-state index in [9.17, 15) is 9.59 Å². The van der Waals surface area contributed by atoms with E-state index in [0.717, 1.165) is 6.54 Å². The summed E-state index contributed by atoms with van der Waals surface area (Å²) in [6.45, 7) is 14.4. The number of nitrogens with one attached hydrogen (secondary N) is 1. The lowest BCUT2D eigenvalue weighted by Gasteiger charge is -2.30. The first-order valence-electron chi connectivity index (χ1n) is 9.76. The summed E-state index contributed by atoms with van der Waals surface area (Å²) in [5, 5.41) is 8.49. The van der Waals surface area contributed by atoms with Gasteiger partial charge < -0.3 is 5.32 Å². The van der Waals surface area contributed by atoms with Gasteiger partial charge in [0.15, 0.2) is 5.69 Å². The van der Waals surface area contributed by atoms with Crippen LogP contribution in [0, 0.1) is 5.92 Å². The van der Waals surface area contributed by atoms with Crippen LogP contribution in [0.3, 0.4) is 0 Å². The van der Waals surface area contributed by atoms with Gasteiger partial charge in [0, 0.05) is 37.1 Å². The van der Waals surface area contributed by atoms with Crippen molar-refractivity contribution in [1.82, 2.24) is 20.0 Å². The molecule has 1 amide bonds. The second kappa shape index (κ2) is 9.13. The molecule has 0 fully saturated rings. The number of rotatable bonds is 8. The van der Waals surface area contributed by atoms with Gasteiger partial charge in [-0.05, 0) is 39.7 Å². The largest absolute Gasteiger partial charge is 0.349 e. The lowest BCUT2D eigenvalue weighted by atomic mass is 10.1. The Balaban J connectivity index is 2.27. The molecule has 6 heteroatoms. The van der Waals surface area contributed by atoms with Gasteiger partial charge in [-0.3, -0.25) is 14.5 Å². The molecular formula is C21H32N4O2. The van der Waals surface area contributed by atoms with Crippen LogP contribution in [0.1, 0.15) is 52.0 Å². The average Bonchev–Trinajstić information content (AvgIpc) is 2.60. The summed E-state index contributed by atoms with van der Waals surface area (Å²) < 4.78 is 1.41. The third-order valence-electron chi connectivity index (χ3n) is 4.60. The molecule has 0 radical (unpaired) electrons. The van der Waals surface area contributed by atoms with Crippen molar-refractivity contribution in [3.63, 3.8) is 0 Å². The van der Waals surface area contributed by atoms with Gasteiger partial charge in [0.2, 0.25) is 0 Å². The van der Waals surface area contributed by atoms with Gasteiger partial charge in [-0.1, -0.05) is 32.0 Å². The van der Waals surface area contributed by atoms with Crippen LogP contribution in [-0.4, -0.2) is 45.8 Å². The summed E-state index contributed by atoms with van der Waals surface area (Å²) in [7, 11) is 0. The number of hydrogen-bond donors (Lipinski definition) is 1. The molecule has 0 spiro atoms. The van der Waals surface area contributed by atoms with E-state index < -0.39 is 0 Å². The van der Waals surface area contributed by atoms with Gasteiger partial charge in [0.05, 0.1) is 5.39 Å². The van der Waals surface area contributed by atoms with Crippen LogP contribution in [0.4, 0.5) is 0 Å². The third kappa shape index (κ3) is 5.16. The first-order valence-corrected chi connectivity index (χ1v) is 9.76. The maximum absolute atomic E-state index is 12.8. The highest BCUT2D eigenvalue weighted by molar-refractivity contribution is 6.04. The number of nitrogens with zero attached hydrogens (tertiary/aromatic N) is 3. The average molecular weight is 373 g/mol. The second-order valence-corrected chi connectivity index (χ2v) is 7.96. The molecule has 0 atom stereocenters. The zero-order valence-electron chi connectivity index (χ0n) is 17.3. The lowest BCUT2D eigenvalue weighted by molar-refractivity contribution is 0.0933. The Morgan fingerprint density at radius 1 is 1.07 bits per heavy atom. The maximum atomic E-state index is 12.8. The van der Waals surface area contributed by atoms with Gasteiger partial charge in [0.1, 0.15) is 0 Å². The zero-order chi connectivity index (χ0) is 20.1. The Labute approximate surface area is 161 Å². The maximum Gasteiger partial charge on any atom is 0.274 e. The summed E-state index contributed by atoms with van der Waals surface area (Å²) in [4.78, 5) is 27.8. The van der Waals surface area contributed by atoms with Crippen LogP contribution < -0.4 is 10.9 Å². The highest BCUT2D eigenvalue weighted by atomic mass is 16.2. The highest BCUT2D eigenvalue weighted by Gasteiger charge is 2.18. The number of benzene rings is 1. The highest BCUT2D eigenvalue weighted by Crippen LogP contribution is 2.14. The Morgan fingerprint density at radius 3 is 2.22 bits per heavy atom. The second-order valence-electron chi connectivity index (χ2n) is 7.96. The number of amides is 1.